The van der Waals surface area contributed by atoms with Gasteiger partial charge >= 0.3 is 0 Å². The van der Waals surface area contributed by atoms with Gasteiger partial charge in [-0.05, 0) is 49.8 Å². The van der Waals surface area contributed by atoms with Crippen molar-refractivity contribution >= 4 is 11.6 Å². The number of nitrogens with zero attached hydrogens (tertiary/aromatic N) is 2. The number of nitrogens with one attached hydrogen (secondary N) is 2. The van der Waals surface area contributed by atoms with Gasteiger partial charge in [0.25, 0.3) is 0 Å². The first-order valence-electron chi connectivity index (χ1n) is 9.46. The second-order valence-corrected chi connectivity index (χ2v) is 6.75. The molecule has 1 heterocycles. The molecule has 0 saturated carbocycles. The van der Waals surface area contributed by atoms with Crippen molar-refractivity contribution in [3.8, 4) is 0 Å². The van der Waals surface area contributed by atoms with Gasteiger partial charge < -0.3 is 15.5 Å². The molecule has 4 heteroatoms. The number of guanidine groups is 1. The van der Waals surface area contributed by atoms with Crippen LogP contribution >= 0.6 is 0 Å². The molecule has 4 nitrogen and oxygen atoms in total. The van der Waals surface area contributed by atoms with E-state index in [0.29, 0.717) is 0 Å². The molecule has 1 aliphatic heterocycles. The lowest BCUT2D eigenvalue weighted by Crippen LogP contribution is -2.37. The fourth-order valence-electron chi connectivity index (χ4n) is 3.39. The first kappa shape index (κ1) is 17.6. The van der Waals surface area contributed by atoms with Crippen LogP contribution < -0.4 is 15.5 Å². The average Bonchev–Trinajstić information content (AvgIpc) is 3.20. The molecule has 134 valence electrons. The average molecular weight is 338 g/mol. The predicted octanol–water partition coefficient (Wildman–Crippen LogP) is 3.62. The topological polar surface area (TPSA) is 39.7 Å². The van der Waals surface area contributed by atoms with E-state index >= 15 is 0 Å². The van der Waals surface area contributed by atoms with E-state index in [4.69, 9.17) is 0 Å². The van der Waals surface area contributed by atoms with Crippen molar-refractivity contribution in [2.75, 3.05) is 31.6 Å². The van der Waals surface area contributed by atoms with E-state index in [1.54, 1.807) is 5.57 Å². The van der Waals surface area contributed by atoms with Gasteiger partial charge in [-0.25, -0.2) is 0 Å². The van der Waals surface area contributed by atoms with E-state index in [-0.39, 0.29) is 0 Å². The number of rotatable bonds is 6. The summed E-state index contributed by atoms with van der Waals surface area (Å²) in [5, 5.41) is 6.83. The zero-order valence-corrected chi connectivity index (χ0v) is 15.3. The minimum absolute atomic E-state index is 0.793. The molecular weight excluding hydrogens is 308 g/mol. The van der Waals surface area contributed by atoms with Gasteiger partial charge in [-0.3, -0.25) is 4.99 Å². The smallest absolute Gasteiger partial charge is 0.191 e. The van der Waals surface area contributed by atoms with Gasteiger partial charge in [0.2, 0.25) is 0 Å². The summed E-state index contributed by atoms with van der Waals surface area (Å²) in [5.74, 6) is 0.879. The zero-order valence-electron chi connectivity index (χ0n) is 15.3. The summed E-state index contributed by atoms with van der Waals surface area (Å²) in [5.41, 5.74) is 4.16. The third-order valence-electron chi connectivity index (χ3n) is 4.93. The van der Waals surface area contributed by atoms with E-state index in [0.717, 1.165) is 38.6 Å². The van der Waals surface area contributed by atoms with E-state index in [1.807, 2.05) is 7.05 Å². The maximum atomic E-state index is 4.32. The van der Waals surface area contributed by atoms with Gasteiger partial charge in [-0.15, -0.1) is 0 Å². The molecule has 2 aliphatic rings. The normalized spacial score (nSPS) is 17.6. The number of anilines is 1. The molecule has 1 aliphatic carbocycles. The second kappa shape index (κ2) is 9.30. The summed E-state index contributed by atoms with van der Waals surface area (Å²) in [7, 11) is 1.83. The van der Waals surface area contributed by atoms with Crippen molar-refractivity contribution in [2.24, 2.45) is 4.99 Å². The molecule has 0 saturated heterocycles. The number of hydrogen-bond acceptors (Lipinski definition) is 2. The molecule has 0 bridgehead atoms. The van der Waals surface area contributed by atoms with Crippen LogP contribution in [0.3, 0.4) is 0 Å². The Morgan fingerprint density at radius 2 is 1.88 bits per heavy atom. The SMILES string of the molecule is CN=C(NCCC1=CCCCC1)NCc1ccc(N2CC=CC2)cc1. The van der Waals surface area contributed by atoms with Crippen molar-refractivity contribution < 1.29 is 0 Å². The third-order valence-corrected chi connectivity index (χ3v) is 4.93. The molecule has 0 spiro atoms. The van der Waals surface area contributed by atoms with E-state index in [2.05, 4.69) is 63.0 Å². The highest BCUT2D eigenvalue weighted by atomic mass is 15.2. The van der Waals surface area contributed by atoms with Crippen molar-refractivity contribution in [3.05, 3.63) is 53.6 Å². The monoisotopic (exact) mass is 338 g/mol. The highest BCUT2D eigenvalue weighted by Gasteiger charge is 2.07. The van der Waals surface area contributed by atoms with Crippen LogP contribution in [0.25, 0.3) is 0 Å². The third kappa shape index (κ3) is 5.38. The fourth-order valence-corrected chi connectivity index (χ4v) is 3.39. The van der Waals surface area contributed by atoms with Crippen LogP contribution in [-0.4, -0.2) is 32.6 Å². The molecule has 0 aromatic heterocycles. The van der Waals surface area contributed by atoms with Gasteiger partial charge in [0.1, 0.15) is 0 Å². The van der Waals surface area contributed by atoms with Crippen LogP contribution in [0, 0.1) is 0 Å². The van der Waals surface area contributed by atoms with Crippen molar-refractivity contribution in [1.29, 1.82) is 0 Å². The molecule has 0 atom stereocenters. The van der Waals surface area contributed by atoms with Gasteiger partial charge in [0.15, 0.2) is 5.96 Å². The predicted molar refractivity (Wildman–Crippen MR) is 107 cm³/mol. The molecule has 2 N–H and O–H groups in total. The van der Waals surface area contributed by atoms with Crippen molar-refractivity contribution in [1.82, 2.24) is 10.6 Å². The molecule has 25 heavy (non-hydrogen) atoms. The maximum Gasteiger partial charge on any atom is 0.191 e. The summed E-state index contributed by atoms with van der Waals surface area (Å²) in [6.45, 7) is 3.78. The Morgan fingerprint density at radius 1 is 1.08 bits per heavy atom. The van der Waals surface area contributed by atoms with Gasteiger partial charge in [0.05, 0.1) is 0 Å². The lowest BCUT2D eigenvalue weighted by Gasteiger charge is -2.18. The minimum atomic E-state index is 0.793. The molecule has 0 fully saturated rings. The first-order chi connectivity index (χ1) is 12.3. The molecular formula is C21H30N4. The maximum absolute atomic E-state index is 4.32. The lowest BCUT2D eigenvalue weighted by atomic mass is 9.97. The Morgan fingerprint density at radius 3 is 2.56 bits per heavy atom. The molecule has 0 radical (unpaired) electrons. The second-order valence-electron chi connectivity index (χ2n) is 6.75. The van der Waals surface area contributed by atoms with E-state index < -0.39 is 0 Å². The lowest BCUT2D eigenvalue weighted by molar-refractivity contribution is 0.665. The minimum Gasteiger partial charge on any atom is -0.364 e. The molecule has 3 rings (SSSR count). The molecule has 1 aromatic rings. The molecule has 1 aromatic carbocycles. The van der Waals surface area contributed by atoms with E-state index in [9.17, 15) is 0 Å². The number of hydrogen-bond donors (Lipinski definition) is 2. The molecule has 0 amide bonds. The first-order valence-corrected chi connectivity index (χ1v) is 9.46. The summed E-state index contributed by atoms with van der Waals surface area (Å²) in [4.78, 5) is 6.68. The Balaban J connectivity index is 1.40. The quantitative estimate of drug-likeness (QED) is 0.473. The van der Waals surface area contributed by atoms with Gasteiger partial charge in [-0.1, -0.05) is 35.9 Å². The van der Waals surface area contributed by atoms with Gasteiger partial charge in [0, 0.05) is 38.9 Å². The number of aliphatic imine (C=N–C) groups is 1. The Labute approximate surface area is 151 Å². The summed E-state index contributed by atoms with van der Waals surface area (Å²) in [6.07, 6.45) is 13.2. The Bertz CT molecular complexity index is 620. The van der Waals surface area contributed by atoms with Crippen molar-refractivity contribution in [3.63, 3.8) is 0 Å². The highest BCUT2D eigenvalue weighted by molar-refractivity contribution is 5.79. The summed E-state index contributed by atoms with van der Waals surface area (Å²) < 4.78 is 0. The van der Waals surface area contributed by atoms with Crippen LogP contribution in [0.4, 0.5) is 5.69 Å². The van der Waals surface area contributed by atoms with Crippen LogP contribution in [0.5, 0.6) is 0 Å². The van der Waals surface area contributed by atoms with Crippen molar-refractivity contribution in [2.45, 2.75) is 38.6 Å². The number of allylic oxidation sites excluding steroid dienone is 1. The number of benzene rings is 1. The van der Waals surface area contributed by atoms with E-state index in [1.165, 1.54) is 36.9 Å². The summed E-state index contributed by atoms with van der Waals surface area (Å²) >= 11 is 0. The largest absolute Gasteiger partial charge is 0.364 e. The van der Waals surface area contributed by atoms with Crippen LogP contribution in [0.15, 0.2) is 53.1 Å². The molecule has 0 unspecified atom stereocenters. The standard InChI is InChI=1S/C21H30N4/c1-22-21(23-14-13-18-7-3-2-4-8-18)24-17-19-9-11-20(12-10-19)25-15-5-6-16-25/h5-7,9-12H,2-4,8,13-17H2,1H3,(H2,22,23,24). The Kier molecular flexibility index (Phi) is 6.55. The highest BCUT2D eigenvalue weighted by Crippen LogP contribution is 2.19. The fraction of sp³-hybridized carbons (Fsp3) is 0.476. The Hall–Kier alpha value is -2.23. The van der Waals surface area contributed by atoms with Crippen LogP contribution in [0.1, 0.15) is 37.7 Å². The summed E-state index contributed by atoms with van der Waals surface area (Å²) in [6, 6.07) is 8.80. The van der Waals surface area contributed by atoms with Gasteiger partial charge in [-0.2, -0.15) is 0 Å². The van der Waals surface area contributed by atoms with Crippen LogP contribution in [0.2, 0.25) is 0 Å². The van der Waals surface area contributed by atoms with Crippen LogP contribution in [-0.2, 0) is 6.54 Å². The zero-order chi connectivity index (χ0) is 17.3.